The minimum atomic E-state index is -0.403. The van der Waals surface area contributed by atoms with E-state index in [0.717, 1.165) is 5.56 Å². The number of nitro groups is 1. The zero-order valence-electron chi connectivity index (χ0n) is 7.28. The molecule has 0 fully saturated rings. The number of aryl methyl sites for hydroxylation is 1. The molecule has 0 aliphatic heterocycles. The second-order valence-electron chi connectivity index (χ2n) is 2.71. The van der Waals surface area contributed by atoms with Crippen LogP contribution in [0.25, 0.3) is 0 Å². The molecule has 0 heterocycles. The van der Waals surface area contributed by atoms with Gasteiger partial charge in [-0.05, 0) is 12.5 Å². The number of hydrogen-bond donors (Lipinski definition) is 2. The molecular formula is C8H11N3O2. The molecule has 0 saturated heterocycles. The number of nitrogens with zero attached hydrogens (tertiary/aromatic N) is 1. The van der Waals surface area contributed by atoms with Crippen molar-refractivity contribution in [2.75, 3.05) is 0 Å². The highest BCUT2D eigenvalue weighted by Gasteiger charge is 2.13. The summed E-state index contributed by atoms with van der Waals surface area (Å²) in [5.74, 6) is 5.13. The summed E-state index contributed by atoms with van der Waals surface area (Å²) in [4.78, 5) is 10.2. The maximum Gasteiger partial charge on any atom is 0.274 e. The summed E-state index contributed by atoms with van der Waals surface area (Å²) >= 11 is 0. The molecule has 0 aromatic heterocycles. The van der Waals surface area contributed by atoms with Crippen LogP contribution in [0.3, 0.4) is 0 Å². The van der Waals surface area contributed by atoms with E-state index in [1.54, 1.807) is 6.07 Å². The highest BCUT2D eigenvalue weighted by atomic mass is 16.6. The summed E-state index contributed by atoms with van der Waals surface area (Å²) in [6, 6.07) is 4.95. The lowest BCUT2D eigenvalue weighted by Crippen LogP contribution is -2.22. The molecule has 3 N–H and O–H groups in total. The third kappa shape index (κ3) is 2.01. The molecule has 1 aromatic rings. The second-order valence-corrected chi connectivity index (χ2v) is 2.71. The zero-order chi connectivity index (χ0) is 9.84. The van der Waals surface area contributed by atoms with Gasteiger partial charge >= 0.3 is 0 Å². The molecule has 0 radical (unpaired) electrons. The number of hydrogen-bond acceptors (Lipinski definition) is 4. The lowest BCUT2D eigenvalue weighted by atomic mass is 10.1. The summed E-state index contributed by atoms with van der Waals surface area (Å²) in [7, 11) is 0. The fourth-order valence-electron chi connectivity index (χ4n) is 1.19. The molecule has 0 atom stereocenters. The first-order valence-electron chi connectivity index (χ1n) is 3.83. The summed E-state index contributed by atoms with van der Waals surface area (Å²) in [6.07, 6.45) is 0. The van der Waals surface area contributed by atoms with Crippen LogP contribution < -0.4 is 11.3 Å². The smallest absolute Gasteiger partial charge is 0.271 e. The van der Waals surface area contributed by atoms with E-state index in [1.807, 2.05) is 13.0 Å². The molecule has 0 spiro atoms. The van der Waals surface area contributed by atoms with Gasteiger partial charge in [-0.25, -0.2) is 0 Å². The maximum atomic E-state index is 10.6. The molecule has 13 heavy (non-hydrogen) atoms. The number of nitrogens with one attached hydrogen (secondary N) is 1. The molecule has 70 valence electrons. The molecule has 5 heteroatoms. The van der Waals surface area contributed by atoms with Gasteiger partial charge in [0.25, 0.3) is 5.69 Å². The number of rotatable bonds is 3. The largest absolute Gasteiger partial charge is 0.274 e. The number of nitrogens with two attached hydrogens (primary N) is 1. The van der Waals surface area contributed by atoms with Crippen LogP contribution in [-0.2, 0) is 6.54 Å². The van der Waals surface area contributed by atoms with Gasteiger partial charge in [0.15, 0.2) is 0 Å². The van der Waals surface area contributed by atoms with Crippen molar-refractivity contribution in [2.45, 2.75) is 13.5 Å². The molecule has 1 aromatic carbocycles. The Morgan fingerprint density at radius 2 is 2.31 bits per heavy atom. The zero-order valence-corrected chi connectivity index (χ0v) is 7.28. The molecule has 0 unspecified atom stereocenters. The van der Waals surface area contributed by atoms with E-state index in [4.69, 9.17) is 5.84 Å². The first-order valence-corrected chi connectivity index (χ1v) is 3.83. The third-order valence-corrected chi connectivity index (χ3v) is 1.86. The Bertz CT molecular complexity index is 325. The van der Waals surface area contributed by atoms with Crippen LogP contribution in [-0.4, -0.2) is 4.92 Å². The monoisotopic (exact) mass is 181 g/mol. The van der Waals surface area contributed by atoms with Crippen LogP contribution in [0.15, 0.2) is 18.2 Å². The van der Waals surface area contributed by atoms with Crippen molar-refractivity contribution in [3.63, 3.8) is 0 Å². The van der Waals surface area contributed by atoms with E-state index in [9.17, 15) is 10.1 Å². The van der Waals surface area contributed by atoms with Gasteiger partial charge in [0, 0.05) is 18.2 Å². The first kappa shape index (κ1) is 9.63. The molecule has 0 aliphatic carbocycles. The minimum Gasteiger partial charge on any atom is -0.271 e. The van der Waals surface area contributed by atoms with Crippen molar-refractivity contribution in [3.8, 4) is 0 Å². The highest BCUT2D eigenvalue weighted by Crippen LogP contribution is 2.20. The summed E-state index contributed by atoms with van der Waals surface area (Å²) in [5, 5.41) is 10.6. The Kier molecular flexibility index (Phi) is 2.94. The number of nitro benzene ring substituents is 1. The van der Waals surface area contributed by atoms with Crippen LogP contribution in [0, 0.1) is 17.0 Å². The van der Waals surface area contributed by atoms with Gasteiger partial charge in [0.05, 0.1) is 4.92 Å². The Hall–Kier alpha value is -1.46. The van der Waals surface area contributed by atoms with Crippen LogP contribution in [0.5, 0.6) is 0 Å². The second kappa shape index (κ2) is 3.97. The molecule has 5 nitrogen and oxygen atoms in total. The van der Waals surface area contributed by atoms with Gasteiger partial charge in [-0.15, -0.1) is 0 Å². The predicted octanol–water partition coefficient (Wildman–Crippen LogP) is 0.867. The van der Waals surface area contributed by atoms with Crippen molar-refractivity contribution < 1.29 is 4.92 Å². The van der Waals surface area contributed by atoms with Crippen molar-refractivity contribution in [1.82, 2.24) is 5.43 Å². The first-order chi connectivity index (χ1) is 6.16. The fourth-order valence-corrected chi connectivity index (χ4v) is 1.19. The van der Waals surface area contributed by atoms with Gasteiger partial charge in [-0.2, -0.15) is 0 Å². The Balaban J connectivity index is 3.17. The lowest BCUT2D eigenvalue weighted by Gasteiger charge is -2.04. The Morgan fingerprint density at radius 3 is 2.85 bits per heavy atom. The standard InChI is InChI=1S/C8H11N3O2/c1-6-3-2-4-8(11(12)13)7(6)5-10-9/h2-4,10H,5,9H2,1H3. The van der Waals surface area contributed by atoms with Gasteiger partial charge < -0.3 is 0 Å². The quantitative estimate of drug-likeness (QED) is 0.412. The average Bonchev–Trinajstić information content (AvgIpc) is 2.08. The van der Waals surface area contributed by atoms with Crippen LogP contribution in [0.2, 0.25) is 0 Å². The normalized spacial score (nSPS) is 10.0. The van der Waals surface area contributed by atoms with Crippen LogP contribution >= 0.6 is 0 Å². The average molecular weight is 181 g/mol. The van der Waals surface area contributed by atoms with Crippen molar-refractivity contribution in [3.05, 3.63) is 39.4 Å². The third-order valence-electron chi connectivity index (χ3n) is 1.86. The molecule has 0 amide bonds. The number of benzene rings is 1. The number of hydrazine groups is 1. The maximum absolute atomic E-state index is 10.6. The molecule has 1 rings (SSSR count). The van der Waals surface area contributed by atoms with E-state index in [2.05, 4.69) is 5.43 Å². The summed E-state index contributed by atoms with van der Waals surface area (Å²) < 4.78 is 0. The van der Waals surface area contributed by atoms with E-state index < -0.39 is 4.92 Å². The van der Waals surface area contributed by atoms with E-state index in [0.29, 0.717) is 12.1 Å². The fraction of sp³-hybridized carbons (Fsp3) is 0.250. The van der Waals surface area contributed by atoms with Gasteiger partial charge in [0.1, 0.15) is 0 Å². The topological polar surface area (TPSA) is 81.2 Å². The van der Waals surface area contributed by atoms with Crippen molar-refractivity contribution >= 4 is 5.69 Å². The minimum absolute atomic E-state index is 0.109. The summed E-state index contributed by atoms with van der Waals surface area (Å²) in [5.41, 5.74) is 4.03. The predicted molar refractivity (Wildman–Crippen MR) is 48.9 cm³/mol. The molecule has 0 aliphatic rings. The summed E-state index contributed by atoms with van der Waals surface area (Å²) in [6.45, 7) is 2.13. The van der Waals surface area contributed by atoms with E-state index in [-0.39, 0.29) is 5.69 Å². The van der Waals surface area contributed by atoms with E-state index >= 15 is 0 Å². The highest BCUT2D eigenvalue weighted by molar-refractivity contribution is 5.44. The molecular weight excluding hydrogens is 170 g/mol. The van der Waals surface area contributed by atoms with E-state index in [1.165, 1.54) is 6.07 Å². The molecule has 0 saturated carbocycles. The van der Waals surface area contributed by atoms with Crippen LogP contribution in [0.1, 0.15) is 11.1 Å². The SMILES string of the molecule is Cc1cccc([N+](=O)[O-])c1CNN. The van der Waals surface area contributed by atoms with Crippen LogP contribution in [0.4, 0.5) is 5.69 Å². The Labute approximate surface area is 75.7 Å². The van der Waals surface area contributed by atoms with Gasteiger partial charge in [-0.3, -0.25) is 21.4 Å². The van der Waals surface area contributed by atoms with Gasteiger partial charge in [0.2, 0.25) is 0 Å². The van der Waals surface area contributed by atoms with Crippen molar-refractivity contribution in [2.24, 2.45) is 5.84 Å². The molecule has 0 bridgehead atoms. The van der Waals surface area contributed by atoms with Gasteiger partial charge in [-0.1, -0.05) is 12.1 Å². The van der Waals surface area contributed by atoms with Crippen molar-refractivity contribution in [1.29, 1.82) is 0 Å². The lowest BCUT2D eigenvalue weighted by molar-refractivity contribution is -0.385. The Morgan fingerprint density at radius 1 is 1.62 bits per heavy atom.